The molecule has 4 rings (SSSR count). The maximum absolute atomic E-state index is 13.0. The molecule has 2 aromatic rings. The third-order valence-corrected chi connectivity index (χ3v) is 6.00. The number of carbonyl (C=O) groups is 2. The Labute approximate surface area is 177 Å². The fourth-order valence-corrected chi connectivity index (χ4v) is 4.36. The smallest absolute Gasteiger partial charge is 0.237 e. The van der Waals surface area contributed by atoms with Gasteiger partial charge in [-0.3, -0.25) is 9.59 Å². The van der Waals surface area contributed by atoms with Crippen molar-refractivity contribution in [2.75, 3.05) is 13.1 Å². The Balaban J connectivity index is 1.64. The summed E-state index contributed by atoms with van der Waals surface area (Å²) < 4.78 is 0. The lowest BCUT2D eigenvalue weighted by Crippen LogP contribution is -2.49. The van der Waals surface area contributed by atoms with Crippen LogP contribution in [0.25, 0.3) is 0 Å². The van der Waals surface area contributed by atoms with Crippen molar-refractivity contribution in [1.29, 1.82) is 0 Å². The zero-order chi connectivity index (χ0) is 20.8. The van der Waals surface area contributed by atoms with Crippen molar-refractivity contribution in [3.05, 3.63) is 71.8 Å². The molecule has 6 heteroatoms. The molecule has 6 nitrogen and oxygen atoms in total. The van der Waals surface area contributed by atoms with Gasteiger partial charge in [0.25, 0.3) is 0 Å². The molecule has 2 saturated heterocycles. The molecule has 2 amide bonds. The van der Waals surface area contributed by atoms with Gasteiger partial charge in [0, 0.05) is 0 Å². The van der Waals surface area contributed by atoms with Gasteiger partial charge in [-0.05, 0) is 49.9 Å². The lowest BCUT2D eigenvalue weighted by atomic mass is 9.92. The summed E-state index contributed by atoms with van der Waals surface area (Å²) in [6, 6.07) is 18.7. The normalized spacial score (nSPS) is 22.9. The monoisotopic (exact) mass is 406 g/mol. The predicted octanol–water partition coefficient (Wildman–Crippen LogP) is 2.21. The molecule has 2 aliphatic rings. The first-order valence-electron chi connectivity index (χ1n) is 10.9. The van der Waals surface area contributed by atoms with Crippen molar-refractivity contribution in [3.63, 3.8) is 0 Å². The number of carbonyl (C=O) groups excluding carboxylic acids is 2. The number of rotatable bonds is 7. The van der Waals surface area contributed by atoms with Crippen LogP contribution in [0.1, 0.15) is 48.9 Å². The highest BCUT2D eigenvalue weighted by Gasteiger charge is 2.33. The predicted molar refractivity (Wildman–Crippen MR) is 117 cm³/mol. The Hall–Kier alpha value is -2.70. The minimum Gasteiger partial charge on any atom is -0.345 e. The van der Waals surface area contributed by atoms with Crippen LogP contribution in [0.5, 0.6) is 0 Å². The standard InChI is InChI=1S/C24H30N4O2/c29-23(19-13-7-15-25-19)27-21(17-9-3-1-4-10-17)22(18-11-5-2-6-12-18)28-24(30)20-14-8-16-26-20/h1-6,9-12,19-22,25-26H,7-8,13-16H2,(H,27,29)(H,28,30)/t19-,20-,21-,22-/m0/s1. The van der Waals surface area contributed by atoms with Crippen LogP contribution in [0, 0.1) is 0 Å². The van der Waals surface area contributed by atoms with Gasteiger partial charge in [0.15, 0.2) is 0 Å². The summed E-state index contributed by atoms with van der Waals surface area (Å²) >= 11 is 0. The summed E-state index contributed by atoms with van der Waals surface area (Å²) in [5.74, 6) is -0.0361. The topological polar surface area (TPSA) is 82.3 Å². The van der Waals surface area contributed by atoms with Gasteiger partial charge in [-0.25, -0.2) is 0 Å². The minimum atomic E-state index is -0.367. The van der Waals surface area contributed by atoms with E-state index in [4.69, 9.17) is 0 Å². The largest absolute Gasteiger partial charge is 0.345 e. The molecule has 0 saturated carbocycles. The molecule has 0 bridgehead atoms. The lowest BCUT2D eigenvalue weighted by molar-refractivity contribution is -0.126. The Morgan fingerprint density at radius 3 is 1.43 bits per heavy atom. The third-order valence-electron chi connectivity index (χ3n) is 6.00. The van der Waals surface area contributed by atoms with E-state index in [0.717, 1.165) is 49.9 Å². The van der Waals surface area contributed by atoms with Crippen LogP contribution in [0.4, 0.5) is 0 Å². The minimum absolute atomic E-state index is 0.0180. The Bertz CT molecular complexity index is 759. The summed E-state index contributed by atoms with van der Waals surface area (Å²) in [6.45, 7) is 1.72. The third kappa shape index (κ3) is 4.89. The zero-order valence-electron chi connectivity index (χ0n) is 17.1. The molecule has 4 N–H and O–H groups in total. The van der Waals surface area contributed by atoms with Gasteiger partial charge >= 0.3 is 0 Å². The maximum atomic E-state index is 13.0. The summed E-state index contributed by atoms with van der Waals surface area (Å²) in [7, 11) is 0. The first kappa shape index (κ1) is 20.6. The van der Waals surface area contributed by atoms with Crippen LogP contribution in [-0.2, 0) is 9.59 Å². The van der Waals surface area contributed by atoms with Crippen LogP contribution < -0.4 is 21.3 Å². The van der Waals surface area contributed by atoms with Crippen LogP contribution in [0.15, 0.2) is 60.7 Å². The molecule has 2 fully saturated rings. The zero-order valence-corrected chi connectivity index (χ0v) is 17.1. The fourth-order valence-electron chi connectivity index (χ4n) is 4.36. The van der Waals surface area contributed by atoms with E-state index >= 15 is 0 Å². The molecule has 0 aliphatic carbocycles. The van der Waals surface area contributed by atoms with Crippen molar-refractivity contribution in [3.8, 4) is 0 Å². The first-order valence-corrected chi connectivity index (χ1v) is 10.9. The second kappa shape index (κ2) is 9.87. The van der Waals surface area contributed by atoms with E-state index < -0.39 is 0 Å². The molecule has 2 heterocycles. The number of nitrogens with one attached hydrogen (secondary N) is 4. The summed E-state index contributed by atoms with van der Waals surface area (Å²) in [4.78, 5) is 26.0. The number of hydrogen-bond acceptors (Lipinski definition) is 4. The van der Waals surface area contributed by atoms with Crippen molar-refractivity contribution < 1.29 is 9.59 Å². The molecule has 0 spiro atoms. The highest BCUT2D eigenvalue weighted by molar-refractivity contribution is 5.84. The average molecular weight is 407 g/mol. The highest BCUT2D eigenvalue weighted by Crippen LogP contribution is 2.30. The SMILES string of the molecule is O=C(N[C@@H](c1ccccc1)[C@@H](NC(=O)[C@@H]1CCCN1)c1ccccc1)[C@@H]1CCCN1. The van der Waals surface area contributed by atoms with Crippen LogP contribution in [-0.4, -0.2) is 37.0 Å². The summed E-state index contributed by atoms with van der Waals surface area (Å²) in [5.41, 5.74) is 1.94. The number of hydrogen-bond donors (Lipinski definition) is 4. The molecule has 30 heavy (non-hydrogen) atoms. The van der Waals surface area contributed by atoms with E-state index in [1.54, 1.807) is 0 Å². The van der Waals surface area contributed by atoms with Crippen molar-refractivity contribution >= 4 is 11.8 Å². The van der Waals surface area contributed by atoms with Crippen LogP contribution in [0.3, 0.4) is 0 Å². The number of benzene rings is 2. The molecule has 2 aliphatic heterocycles. The van der Waals surface area contributed by atoms with Gasteiger partial charge in [-0.2, -0.15) is 0 Å². The molecular formula is C24H30N4O2. The average Bonchev–Trinajstić information content (AvgIpc) is 3.52. The van der Waals surface area contributed by atoms with Gasteiger partial charge < -0.3 is 21.3 Å². The van der Waals surface area contributed by atoms with E-state index in [9.17, 15) is 9.59 Å². The Kier molecular flexibility index (Phi) is 6.77. The Morgan fingerprint density at radius 2 is 1.10 bits per heavy atom. The molecule has 0 radical (unpaired) electrons. The van der Waals surface area contributed by atoms with E-state index in [1.165, 1.54) is 0 Å². The van der Waals surface area contributed by atoms with Gasteiger partial charge in [0.1, 0.15) is 0 Å². The van der Waals surface area contributed by atoms with Gasteiger partial charge in [-0.1, -0.05) is 60.7 Å². The summed E-state index contributed by atoms with van der Waals surface area (Å²) in [6.07, 6.45) is 3.67. The van der Waals surface area contributed by atoms with E-state index in [-0.39, 0.29) is 36.0 Å². The van der Waals surface area contributed by atoms with Crippen molar-refractivity contribution in [2.45, 2.75) is 49.9 Å². The van der Waals surface area contributed by atoms with Gasteiger partial charge in [0.2, 0.25) is 11.8 Å². The quantitative estimate of drug-likeness (QED) is 0.568. The molecule has 0 aromatic heterocycles. The van der Waals surface area contributed by atoms with Crippen LogP contribution >= 0.6 is 0 Å². The van der Waals surface area contributed by atoms with Crippen molar-refractivity contribution in [1.82, 2.24) is 21.3 Å². The maximum Gasteiger partial charge on any atom is 0.237 e. The fraction of sp³-hybridized carbons (Fsp3) is 0.417. The molecular weight excluding hydrogens is 376 g/mol. The van der Waals surface area contributed by atoms with Gasteiger partial charge in [0.05, 0.1) is 24.2 Å². The molecule has 158 valence electrons. The second-order valence-corrected chi connectivity index (χ2v) is 8.09. The van der Waals surface area contributed by atoms with E-state index in [1.807, 2.05) is 60.7 Å². The lowest BCUT2D eigenvalue weighted by Gasteiger charge is -2.31. The second-order valence-electron chi connectivity index (χ2n) is 8.09. The Morgan fingerprint density at radius 1 is 0.700 bits per heavy atom. The molecule has 4 atom stereocenters. The van der Waals surface area contributed by atoms with E-state index in [0.29, 0.717) is 0 Å². The summed E-state index contributed by atoms with van der Waals surface area (Å²) in [5, 5.41) is 13.0. The molecule has 2 aromatic carbocycles. The molecule has 0 unspecified atom stereocenters. The van der Waals surface area contributed by atoms with Crippen LogP contribution in [0.2, 0.25) is 0 Å². The van der Waals surface area contributed by atoms with Crippen molar-refractivity contribution in [2.24, 2.45) is 0 Å². The number of amides is 2. The highest BCUT2D eigenvalue weighted by atomic mass is 16.2. The van der Waals surface area contributed by atoms with Gasteiger partial charge in [-0.15, -0.1) is 0 Å². The first-order chi connectivity index (χ1) is 14.7. The van der Waals surface area contributed by atoms with E-state index in [2.05, 4.69) is 21.3 Å².